The minimum atomic E-state index is -0.331. The quantitative estimate of drug-likeness (QED) is 0.846. The van der Waals surface area contributed by atoms with Gasteiger partial charge in [-0.2, -0.15) is 0 Å². The summed E-state index contributed by atoms with van der Waals surface area (Å²) in [4.78, 5) is 12.3. The third kappa shape index (κ3) is 5.33. The Morgan fingerprint density at radius 3 is 2.33 bits per heavy atom. The van der Waals surface area contributed by atoms with Crippen LogP contribution in [0.15, 0.2) is 24.3 Å². The third-order valence-corrected chi connectivity index (χ3v) is 4.33. The number of rotatable bonds is 6. The van der Waals surface area contributed by atoms with Crippen LogP contribution in [0, 0.1) is 12.8 Å². The lowest BCUT2D eigenvalue weighted by Gasteiger charge is -2.34. The SMILES string of the molecule is Cc1ccccc1C(C)CC(=O)NC(C)(CN)C(C)C.Cl. The number of hydrogen-bond donors (Lipinski definition) is 2. The molecular weight excluding hydrogens is 284 g/mol. The molecule has 0 aliphatic carbocycles. The van der Waals surface area contributed by atoms with Crippen LogP contribution < -0.4 is 11.1 Å². The summed E-state index contributed by atoms with van der Waals surface area (Å²) in [6.45, 7) is 10.8. The van der Waals surface area contributed by atoms with Crippen molar-refractivity contribution < 1.29 is 4.79 Å². The van der Waals surface area contributed by atoms with Crippen LogP contribution in [-0.4, -0.2) is 18.0 Å². The van der Waals surface area contributed by atoms with Crippen molar-refractivity contribution in [1.82, 2.24) is 5.32 Å². The van der Waals surface area contributed by atoms with Gasteiger partial charge in [-0.25, -0.2) is 0 Å². The highest BCUT2D eigenvalue weighted by molar-refractivity contribution is 5.85. The van der Waals surface area contributed by atoms with Gasteiger partial charge in [0.25, 0.3) is 0 Å². The van der Waals surface area contributed by atoms with Gasteiger partial charge in [0.05, 0.1) is 5.54 Å². The van der Waals surface area contributed by atoms with Crippen LogP contribution >= 0.6 is 12.4 Å². The molecule has 0 saturated carbocycles. The third-order valence-electron chi connectivity index (χ3n) is 4.33. The summed E-state index contributed by atoms with van der Waals surface area (Å²) < 4.78 is 0. The normalized spacial score (nSPS) is 15.0. The Bertz CT molecular complexity index is 462. The molecule has 2 unspecified atom stereocenters. The Hall–Kier alpha value is -1.06. The number of benzene rings is 1. The highest BCUT2D eigenvalue weighted by atomic mass is 35.5. The van der Waals surface area contributed by atoms with Gasteiger partial charge in [0, 0.05) is 13.0 Å². The van der Waals surface area contributed by atoms with Crippen LogP contribution in [0.1, 0.15) is 51.2 Å². The molecule has 1 aromatic rings. The molecule has 0 spiro atoms. The molecule has 1 amide bonds. The molecule has 0 aliphatic rings. The minimum Gasteiger partial charge on any atom is -0.349 e. The molecule has 120 valence electrons. The van der Waals surface area contributed by atoms with Crippen LogP contribution in [0.2, 0.25) is 0 Å². The first-order valence-corrected chi connectivity index (χ1v) is 7.36. The van der Waals surface area contributed by atoms with Crippen molar-refractivity contribution in [2.45, 2.75) is 52.5 Å². The zero-order valence-corrected chi connectivity index (χ0v) is 14.6. The van der Waals surface area contributed by atoms with Crippen molar-refractivity contribution >= 4 is 18.3 Å². The van der Waals surface area contributed by atoms with Gasteiger partial charge in [-0.05, 0) is 36.8 Å². The largest absolute Gasteiger partial charge is 0.349 e. The smallest absolute Gasteiger partial charge is 0.221 e. The maximum atomic E-state index is 12.3. The molecule has 0 fully saturated rings. The van der Waals surface area contributed by atoms with E-state index in [1.165, 1.54) is 11.1 Å². The molecular formula is C17H29ClN2O. The number of aryl methyl sites for hydroxylation is 1. The lowest BCUT2D eigenvalue weighted by molar-refractivity contribution is -0.123. The van der Waals surface area contributed by atoms with Gasteiger partial charge < -0.3 is 11.1 Å². The van der Waals surface area contributed by atoms with Gasteiger partial charge >= 0.3 is 0 Å². The Labute approximate surface area is 135 Å². The zero-order valence-electron chi connectivity index (χ0n) is 13.8. The maximum Gasteiger partial charge on any atom is 0.221 e. The summed E-state index contributed by atoms with van der Waals surface area (Å²) in [6, 6.07) is 8.23. The predicted octanol–water partition coefficient (Wildman–Crippen LogP) is 3.40. The van der Waals surface area contributed by atoms with E-state index < -0.39 is 0 Å². The van der Waals surface area contributed by atoms with Crippen molar-refractivity contribution in [2.75, 3.05) is 6.54 Å². The molecule has 4 heteroatoms. The number of nitrogens with one attached hydrogen (secondary N) is 1. The summed E-state index contributed by atoms with van der Waals surface area (Å²) in [5.74, 6) is 0.595. The lowest BCUT2D eigenvalue weighted by atomic mass is 9.87. The molecule has 0 aliphatic heterocycles. The van der Waals surface area contributed by atoms with Crippen molar-refractivity contribution in [3.05, 3.63) is 35.4 Å². The van der Waals surface area contributed by atoms with E-state index in [0.29, 0.717) is 18.9 Å². The van der Waals surface area contributed by atoms with Gasteiger partial charge in [0.1, 0.15) is 0 Å². The second-order valence-corrected chi connectivity index (χ2v) is 6.29. The molecule has 21 heavy (non-hydrogen) atoms. The van der Waals surface area contributed by atoms with Crippen LogP contribution in [0.25, 0.3) is 0 Å². The number of amides is 1. The zero-order chi connectivity index (χ0) is 15.3. The average Bonchev–Trinajstić information content (AvgIpc) is 2.38. The number of hydrogen-bond acceptors (Lipinski definition) is 2. The summed E-state index contributed by atoms with van der Waals surface area (Å²) in [5, 5.41) is 3.10. The monoisotopic (exact) mass is 312 g/mol. The van der Waals surface area contributed by atoms with Crippen LogP contribution in [-0.2, 0) is 4.79 Å². The number of carbonyl (C=O) groups excluding carboxylic acids is 1. The second kappa shape index (κ2) is 8.40. The van der Waals surface area contributed by atoms with E-state index in [0.717, 1.165) is 0 Å². The standard InChI is InChI=1S/C17H28N2O.ClH/c1-12(2)17(5,11-18)19-16(20)10-14(4)15-9-7-6-8-13(15)3;/h6-9,12,14H,10-11,18H2,1-5H3,(H,19,20);1H. The fraction of sp³-hybridized carbons (Fsp3) is 0.588. The van der Waals surface area contributed by atoms with Crippen molar-refractivity contribution in [3.63, 3.8) is 0 Å². The molecule has 0 heterocycles. The molecule has 2 atom stereocenters. The minimum absolute atomic E-state index is 0. The van der Waals surface area contributed by atoms with Crippen LogP contribution in [0.5, 0.6) is 0 Å². The van der Waals surface area contributed by atoms with Crippen molar-refractivity contribution in [2.24, 2.45) is 11.7 Å². The summed E-state index contributed by atoms with van der Waals surface area (Å²) in [7, 11) is 0. The molecule has 1 rings (SSSR count). The summed E-state index contributed by atoms with van der Waals surface area (Å²) >= 11 is 0. The van der Waals surface area contributed by atoms with E-state index in [1.807, 2.05) is 19.1 Å². The van der Waals surface area contributed by atoms with Gasteiger partial charge in [-0.15, -0.1) is 12.4 Å². The molecule has 0 aromatic heterocycles. The average molecular weight is 313 g/mol. The molecule has 0 saturated heterocycles. The fourth-order valence-corrected chi connectivity index (χ4v) is 2.33. The second-order valence-electron chi connectivity index (χ2n) is 6.29. The topological polar surface area (TPSA) is 55.1 Å². The Morgan fingerprint density at radius 1 is 1.29 bits per heavy atom. The molecule has 3 nitrogen and oxygen atoms in total. The molecule has 0 bridgehead atoms. The number of carbonyl (C=O) groups is 1. The first-order chi connectivity index (χ1) is 9.30. The van der Waals surface area contributed by atoms with Gasteiger partial charge in [-0.3, -0.25) is 4.79 Å². The Balaban J connectivity index is 0.00000400. The highest BCUT2D eigenvalue weighted by Gasteiger charge is 2.29. The van der Waals surface area contributed by atoms with Gasteiger partial charge in [0.15, 0.2) is 0 Å². The predicted molar refractivity (Wildman–Crippen MR) is 91.9 cm³/mol. The molecule has 3 N–H and O–H groups in total. The highest BCUT2D eigenvalue weighted by Crippen LogP contribution is 2.23. The summed E-state index contributed by atoms with van der Waals surface area (Å²) in [6.07, 6.45) is 0.493. The van der Waals surface area contributed by atoms with E-state index in [4.69, 9.17) is 5.73 Å². The Morgan fingerprint density at radius 2 is 1.86 bits per heavy atom. The first-order valence-electron chi connectivity index (χ1n) is 7.36. The van der Waals surface area contributed by atoms with Crippen LogP contribution in [0.3, 0.4) is 0 Å². The van der Waals surface area contributed by atoms with Crippen molar-refractivity contribution in [3.8, 4) is 0 Å². The van der Waals surface area contributed by atoms with Crippen LogP contribution in [0.4, 0.5) is 0 Å². The summed E-state index contributed by atoms with van der Waals surface area (Å²) in [5.41, 5.74) is 7.95. The van der Waals surface area contributed by atoms with Gasteiger partial charge in [0.2, 0.25) is 5.91 Å². The van der Waals surface area contributed by atoms with E-state index >= 15 is 0 Å². The van der Waals surface area contributed by atoms with E-state index in [1.54, 1.807) is 0 Å². The van der Waals surface area contributed by atoms with E-state index in [9.17, 15) is 4.79 Å². The van der Waals surface area contributed by atoms with Crippen molar-refractivity contribution in [1.29, 1.82) is 0 Å². The van der Waals surface area contributed by atoms with E-state index in [-0.39, 0.29) is 29.8 Å². The lowest BCUT2D eigenvalue weighted by Crippen LogP contribution is -2.55. The van der Waals surface area contributed by atoms with E-state index in [2.05, 4.69) is 45.1 Å². The fourth-order valence-electron chi connectivity index (χ4n) is 2.33. The molecule has 0 radical (unpaired) electrons. The Kier molecular flexibility index (Phi) is 7.98. The van der Waals surface area contributed by atoms with Gasteiger partial charge in [-0.1, -0.05) is 45.0 Å². The number of halogens is 1. The number of nitrogens with two attached hydrogens (primary N) is 1. The first kappa shape index (κ1) is 19.9. The maximum absolute atomic E-state index is 12.3. The molecule has 1 aromatic carbocycles.